The molecule has 6 heteroatoms. The van der Waals surface area contributed by atoms with E-state index >= 15 is 0 Å². The predicted octanol–water partition coefficient (Wildman–Crippen LogP) is 4.16. The molecule has 0 aromatic heterocycles. The summed E-state index contributed by atoms with van der Waals surface area (Å²) in [7, 11) is 0. The minimum Gasteiger partial charge on any atom is -0.493 e. The van der Waals surface area contributed by atoms with Crippen LogP contribution in [0.15, 0.2) is 47.6 Å². The molecule has 2 aromatic rings. The zero-order valence-electron chi connectivity index (χ0n) is 11.8. The largest absolute Gasteiger partial charge is 0.493 e. The first-order valence-corrected chi connectivity index (χ1v) is 7.37. The molecule has 114 valence electrons. The van der Waals surface area contributed by atoms with E-state index < -0.39 is 5.91 Å². The lowest BCUT2D eigenvalue weighted by molar-refractivity contribution is 0.0955. The number of hydrazone groups is 1. The molecule has 4 nitrogen and oxygen atoms in total. The van der Waals surface area contributed by atoms with Crippen molar-refractivity contribution in [3.8, 4) is 5.75 Å². The van der Waals surface area contributed by atoms with E-state index in [4.69, 9.17) is 27.9 Å². The highest BCUT2D eigenvalue weighted by Gasteiger charge is 2.09. The molecule has 0 heterocycles. The summed E-state index contributed by atoms with van der Waals surface area (Å²) in [5.41, 5.74) is 3.50. The van der Waals surface area contributed by atoms with E-state index in [0.29, 0.717) is 22.9 Å². The molecule has 0 fully saturated rings. The summed E-state index contributed by atoms with van der Waals surface area (Å²) in [6, 6.07) is 12.1. The van der Waals surface area contributed by atoms with Gasteiger partial charge in [-0.2, -0.15) is 5.10 Å². The van der Waals surface area contributed by atoms with Gasteiger partial charge in [-0.15, -0.1) is 0 Å². The van der Waals surface area contributed by atoms with Crippen LogP contribution in [0.2, 0.25) is 10.0 Å². The molecule has 0 radical (unpaired) electrons. The van der Waals surface area contributed by atoms with Crippen LogP contribution >= 0.6 is 23.2 Å². The van der Waals surface area contributed by atoms with Crippen molar-refractivity contribution in [2.45, 2.75) is 6.92 Å². The highest BCUT2D eigenvalue weighted by molar-refractivity contribution is 6.36. The topological polar surface area (TPSA) is 50.7 Å². The van der Waals surface area contributed by atoms with E-state index in [9.17, 15) is 4.79 Å². The van der Waals surface area contributed by atoms with E-state index in [1.165, 1.54) is 12.3 Å². The molecule has 2 aromatic carbocycles. The van der Waals surface area contributed by atoms with Crippen LogP contribution in [0.5, 0.6) is 5.75 Å². The number of rotatable bonds is 5. The van der Waals surface area contributed by atoms with E-state index in [-0.39, 0.29) is 5.02 Å². The highest BCUT2D eigenvalue weighted by atomic mass is 35.5. The van der Waals surface area contributed by atoms with Crippen LogP contribution in [0.4, 0.5) is 0 Å². The fraction of sp³-hybridized carbons (Fsp3) is 0.125. The van der Waals surface area contributed by atoms with Crippen molar-refractivity contribution >= 4 is 35.3 Å². The third-order valence-electron chi connectivity index (χ3n) is 2.76. The van der Waals surface area contributed by atoms with E-state index in [1.807, 2.05) is 31.2 Å². The molecule has 0 aliphatic carbocycles. The Morgan fingerprint density at radius 1 is 1.27 bits per heavy atom. The number of halogens is 2. The molecular formula is C16H14Cl2N2O2. The molecule has 0 unspecified atom stereocenters. The van der Waals surface area contributed by atoms with Crippen LogP contribution in [-0.2, 0) is 0 Å². The van der Waals surface area contributed by atoms with Crippen LogP contribution in [-0.4, -0.2) is 18.7 Å². The zero-order valence-corrected chi connectivity index (χ0v) is 13.4. The van der Waals surface area contributed by atoms with Gasteiger partial charge in [-0.05, 0) is 37.3 Å². The number of benzene rings is 2. The molecule has 1 amide bonds. The second-order valence-corrected chi connectivity index (χ2v) is 5.14. The smallest absolute Gasteiger partial charge is 0.272 e. The van der Waals surface area contributed by atoms with Crippen molar-refractivity contribution in [3.05, 3.63) is 63.6 Å². The lowest BCUT2D eigenvalue weighted by Crippen LogP contribution is -2.18. The number of amides is 1. The predicted molar refractivity (Wildman–Crippen MR) is 89.1 cm³/mol. The summed E-state index contributed by atoms with van der Waals surface area (Å²) in [4.78, 5) is 12.0. The number of carbonyl (C=O) groups excluding carboxylic acids is 1. The van der Waals surface area contributed by atoms with Gasteiger partial charge in [-0.1, -0.05) is 35.3 Å². The van der Waals surface area contributed by atoms with Gasteiger partial charge in [0, 0.05) is 10.6 Å². The Labute approximate surface area is 138 Å². The SMILES string of the molecule is CCOc1ccccc1/C=N\NC(=O)c1ccc(Cl)cc1Cl. The quantitative estimate of drug-likeness (QED) is 0.658. The standard InChI is InChI=1S/C16H14Cl2N2O2/c1-2-22-15-6-4-3-5-11(15)10-19-20-16(21)13-8-7-12(17)9-14(13)18/h3-10H,2H2,1H3,(H,20,21)/b19-10-. The van der Waals surface area contributed by atoms with E-state index in [0.717, 1.165) is 5.56 Å². The Balaban J connectivity index is 2.07. The Bertz CT molecular complexity index is 702. The summed E-state index contributed by atoms with van der Waals surface area (Å²) in [6.45, 7) is 2.45. The van der Waals surface area contributed by atoms with Crippen molar-refractivity contribution in [1.29, 1.82) is 0 Å². The van der Waals surface area contributed by atoms with E-state index in [1.54, 1.807) is 12.1 Å². The summed E-state index contributed by atoms with van der Waals surface area (Å²) in [6.07, 6.45) is 1.52. The lowest BCUT2D eigenvalue weighted by Gasteiger charge is -2.06. The molecular weight excluding hydrogens is 323 g/mol. The van der Waals surface area contributed by atoms with Gasteiger partial charge in [0.15, 0.2) is 0 Å². The molecule has 2 rings (SSSR count). The minimum atomic E-state index is -0.410. The van der Waals surface area contributed by atoms with Crippen molar-refractivity contribution < 1.29 is 9.53 Å². The maximum atomic E-state index is 12.0. The number of nitrogens with zero attached hydrogens (tertiary/aromatic N) is 1. The average molecular weight is 337 g/mol. The summed E-state index contributed by atoms with van der Waals surface area (Å²) in [5.74, 6) is 0.291. The molecule has 0 atom stereocenters. The Morgan fingerprint density at radius 3 is 2.77 bits per heavy atom. The van der Waals surface area contributed by atoms with Crippen LogP contribution in [0, 0.1) is 0 Å². The zero-order chi connectivity index (χ0) is 15.9. The maximum Gasteiger partial charge on any atom is 0.272 e. The van der Waals surface area contributed by atoms with Crippen molar-refractivity contribution in [2.75, 3.05) is 6.61 Å². The second kappa shape index (κ2) is 7.82. The summed E-state index contributed by atoms with van der Waals surface area (Å²) >= 11 is 11.8. The molecule has 0 saturated carbocycles. The third kappa shape index (κ3) is 4.23. The normalized spacial score (nSPS) is 10.7. The Morgan fingerprint density at radius 2 is 2.05 bits per heavy atom. The van der Waals surface area contributed by atoms with Gasteiger partial charge in [0.2, 0.25) is 0 Å². The molecule has 0 aliphatic heterocycles. The fourth-order valence-electron chi connectivity index (χ4n) is 1.77. The van der Waals surface area contributed by atoms with Gasteiger partial charge in [0.05, 0.1) is 23.4 Å². The van der Waals surface area contributed by atoms with Crippen molar-refractivity contribution in [1.82, 2.24) is 5.43 Å². The van der Waals surface area contributed by atoms with Gasteiger partial charge in [0.1, 0.15) is 5.75 Å². The molecule has 0 spiro atoms. The molecule has 0 saturated heterocycles. The average Bonchev–Trinajstić information content (AvgIpc) is 2.49. The number of nitrogens with one attached hydrogen (secondary N) is 1. The third-order valence-corrected chi connectivity index (χ3v) is 3.31. The molecule has 0 bridgehead atoms. The minimum absolute atomic E-state index is 0.273. The second-order valence-electron chi connectivity index (χ2n) is 4.29. The van der Waals surface area contributed by atoms with Gasteiger partial charge >= 0.3 is 0 Å². The number of hydrogen-bond acceptors (Lipinski definition) is 3. The number of carbonyl (C=O) groups is 1. The van der Waals surface area contributed by atoms with Gasteiger partial charge in [-0.3, -0.25) is 4.79 Å². The highest BCUT2D eigenvalue weighted by Crippen LogP contribution is 2.21. The monoisotopic (exact) mass is 336 g/mol. The Hall–Kier alpha value is -2.04. The number of para-hydroxylation sites is 1. The first-order valence-electron chi connectivity index (χ1n) is 6.62. The maximum absolute atomic E-state index is 12.0. The van der Waals surface area contributed by atoms with Crippen LogP contribution in [0.3, 0.4) is 0 Å². The summed E-state index contributed by atoms with van der Waals surface area (Å²) in [5, 5.41) is 4.67. The fourth-order valence-corrected chi connectivity index (χ4v) is 2.26. The van der Waals surface area contributed by atoms with Crippen molar-refractivity contribution in [3.63, 3.8) is 0 Å². The van der Waals surface area contributed by atoms with Gasteiger partial charge in [0.25, 0.3) is 5.91 Å². The van der Waals surface area contributed by atoms with Crippen molar-refractivity contribution in [2.24, 2.45) is 5.10 Å². The molecule has 1 N–H and O–H groups in total. The first-order chi connectivity index (χ1) is 10.6. The van der Waals surface area contributed by atoms with Crippen LogP contribution < -0.4 is 10.2 Å². The first kappa shape index (κ1) is 16.3. The van der Waals surface area contributed by atoms with Gasteiger partial charge < -0.3 is 4.74 Å². The lowest BCUT2D eigenvalue weighted by atomic mass is 10.2. The number of hydrogen-bond donors (Lipinski definition) is 1. The van der Waals surface area contributed by atoms with Gasteiger partial charge in [-0.25, -0.2) is 5.43 Å². The molecule has 0 aliphatic rings. The Kier molecular flexibility index (Phi) is 5.81. The van der Waals surface area contributed by atoms with Crippen LogP contribution in [0.1, 0.15) is 22.8 Å². The molecule has 22 heavy (non-hydrogen) atoms. The number of ether oxygens (including phenoxy) is 1. The summed E-state index contributed by atoms with van der Waals surface area (Å²) < 4.78 is 5.47. The van der Waals surface area contributed by atoms with Crippen LogP contribution in [0.25, 0.3) is 0 Å². The van der Waals surface area contributed by atoms with E-state index in [2.05, 4.69) is 10.5 Å².